The molecule has 0 aliphatic heterocycles. The summed E-state index contributed by atoms with van der Waals surface area (Å²) in [7, 11) is 0. The number of ketones is 1. The number of anilines is 1. The number of hydrogen-bond donors (Lipinski definition) is 1. The summed E-state index contributed by atoms with van der Waals surface area (Å²) in [6.45, 7) is 10.0. The van der Waals surface area contributed by atoms with E-state index in [4.69, 9.17) is 0 Å². The van der Waals surface area contributed by atoms with Crippen molar-refractivity contribution in [2.75, 3.05) is 5.32 Å². The van der Waals surface area contributed by atoms with E-state index in [1.165, 1.54) is 11.3 Å². The largest absolute Gasteiger partial charge is 0.301 e. The third-order valence-corrected chi connectivity index (χ3v) is 8.56. The molecule has 2 aliphatic rings. The van der Waals surface area contributed by atoms with Crippen LogP contribution < -0.4 is 5.32 Å². The van der Waals surface area contributed by atoms with Crippen molar-refractivity contribution in [3.63, 3.8) is 0 Å². The molecule has 3 atom stereocenters. The maximum Gasteiger partial charge on any atom is 0.234 e. The molecule has 3 rings (SSSR count). The van der Waals surface area contributed by atoms with E-state index in [2.05, 4.69) is 40.1 Å². The minimum absolute atomic E-state index is 0.0808. The summed E-state index contributed by atoms with van der Waals surface area (Å²) in [5.74, 6) is 0.0769. The van der Waals surface area contributed by atoms with Gasteiger partial charge in [0.2, 0.25) is 5.91 Å². The first-order chi connectivity index (χ1) is 10.1. The second kappa shape index (κ2) is 4.63. The van der Waals surface area contributed by atoms with Crippen molar-refractivity contribution in [1.82, 2.24) is 4.98 Å². The number of Topliss-reactive ketones (excluding diaryl/α,β-unsaturated/α-hetero) is 1. The van der Waals surface area contributed by atoms with Crippen LogP contribution in [-0.4, -0.2) is 21.5 Å². The van der Waals surface area contributed by atoms with Crippen LogP contribution in [0.2, 0.25) is 0 Å². The first-order valence-corrected chi connectivity index (χ1v) is 9.25. The summed E-state index contributed by atoms with van der Waals surface area (Å²) in [5.41, 5.74) is -0.581. The highest BCUT2D eigenvalue weighted by atomic mass is 79.9. The van der Waals surface area contributed by atoms with E-state index in [9.17, 15) is 9.59 Å². The lowest BCUT2D eigenvalue weighted by atomic mass is 9.64. The molecule has 0 aromatic carbocycles. The molecule has 1 aromatic rings. The predicted octanol–water partition coefficient (Wildman–Crippen LogP) is 3.86. The first-order valence-electron chi connectivity index (χ1n) is 7.52. The van der Waals surface area contributed by atoms with Crippen molar-refractivity contribution in [3.05, 3.63) is 10.6 Å². The number of alkyl halides is 1. The Labute approximate surface area is 143 Å². The highest BCUT2D eigenvalue weighted by Crippen LogP contribution is 2.72. The molecule has 0 saturated heterocycles. The van der Waals surface area contributed by atoms with E-state index < -0.39 is 15.7 Å². The summed E-state index contributed by atoms with van der Waals surface area (Å²) in [6.07, 6.45) is 1.50. The maximum atomic E-state index is 13.1. The van der Waals surface area contributed by atoms with Gasteiger partial charge in [0.05, 0.1) is 15.9 Å². The second-order valence-electron chi connectivity index (χ2n) is 7.27. The van der Waals surface area contributed by atoms with E-state index >= 15 is 0 Å². The Hall–Kier alpha value is -0.750. The zero-order valence-electron chi connectivity index (χ0n) is 13.5. The van der Waals surface area contributed by atoms with E-state index in [-0.39, 0.29) is 17.1 Å². The standard InChI is InChI=1S/C16H21BrN2O2S/c1-8-9(2)22-13(18-8)19-12(21)16-7-6-15(5,14(16,3)4)11(20)10(16)17/h10H,6-7H2,1-5H3,(H,18,19,21)/t10-,15+,16-/m1/s1. The topological polar surface area (TPSA) is 59.1 Å². The number of fused-ring (bicyclic) bond motifs is 2. The highest BCUT2D eigenvalue weighted by molar-refractivity contribution is 9.10. The number of carbonyl (C=O) groups excluding carboxylic acids is 2. The number of aryl methyl sites for hydroxylation is 2. The SMILES string of the molecule is Cc1nc(NC(=O)[C@@]23CC[C@@](C)(C(=O)[C@H]2Br)C3(C)C)sc1C. The Bertz CT molecular complexity index is 664. The summed E-state index contributed by atoms with van der Waals surface area (Å²) < 4.78 is 0. The van der Waals surface area contributed by atoms with Crippen LogP contribution in [-0.2, 0) is 9.59 Å². The lowest BCUT2D eigenvalue weighted by Gasteiger charge is -2.39. The van der Waals surface area contributed by atoms with Crippen molar-refractivity contribution in [1.29, 1.82) is 0 Å². The van der Waals surface area contributed by atoms with Crippen LogP contribution in [0.15, 0.2) is 0 Å². The molecule has 6 heteroatoms. The Morgan fingerprint density at radius 3 is 2.41 bits per heavy atom. The number of amides is 1. The molecule has 22 heavy (non-hydrogen) atoms. The maximum absolute atomic E-state index is 13.1. The van der Waals surface area contributed by atoms with Gasteiger partial charge >= 0.3 is 0 Å². The third kappa shape index (κ3) is 1.65. The average molecular weight is 385 g/mol. The van der Waals surface area contributed by atoms with Gasteiger partial charge in [0.1, 0.15) is 0 Å². The number of rotatable bonds is 2. The number of carbonyl (C=O) groups is 2. The van der Waals surface area contributed by atoms with Crippen LogP contribution in [0.1, 0.15) is 44.2 Å². The van der Waals surface area contributed by atoms with Gasteiger partial charge < -0.3 is 5.32 Å². The quantitative estimate of drug-likeness (QED) is 0.787. The summed E-state index contributed by atoms with van der Waals surface area (Å²) in [5, 5.41) is 3.60. The number of halogens is 1. The Morgan fingerprint density at radius 2 is 1.95 bits per heavy atom. The fourth-order valence-electron chi connectivity index (χ4n) is 4.19. The molecule has 1 aromatic heterocycles. The molecule has 1 amide bonds. The van der Waals surface area contributed by atoms with Gasteiger partial charge in [0, 0.05) is 10.3 Å². The molecule has 1 N–H and O–H groups in total. The number of thiazole rings is 1. The minimum Gasteiger partial charge on any atom is -0.301 e. The monoisotopic (exact) mass is 384 g/mol. The molecular formula is C16H21BrN2O2S. The average Bonchev–Trinajstić information content (AvgIpc) is 2.88. The molecule has 2 saturated carbocycles. The van der Waals surface area contributed by atoms with Crippen LogP contribution >= 0.6 is 27.3 Å². The second-order valence-corrected chi connectivity index (χ2v) is 9.39. The molecule has 4 nitrogen and oxygen atoms in total. The van der Waals surface area contributed by atoms with Gasteiger partial charge in [0.15, 0.2) is 10.9 Å². The van der Waals surface area contributed by atoms with E-state index in [0.29, 0.717) is 5.13 Å². The van der Waals surface area contributed by atoms with Gasteiger partial charge in [0.25, 0.3) is 0 Å². The molecule has 2 bridgehead atoms. The van der Waals surface area contributed by atoms with Crippen LogP contribution in [0, 0.1) is 30.1 Å². The zero-order chi connectivity index (χ0) is 16.5. The Kier molecular flexibility index (Phi) is 3.39. The first kappa shape index (κ1) is 16.1. The normalized spacial score (nSPS) is 35.9. The summed E-state index contributed by atoms with van der Waals surface area (Å²) in [4.78, 5) is 30.9. The number of aromatic nitrogens is 1. The van der Waals surface area contributed by atoms with Crippen molar-refractivity contribution in [2.45, 2.75) is 52.3 Å². The van der Waals surface area contributed by atoms with Crippen molar-refractivity contribution >= 4 is 44.1 Å². The Balaban J connectivity index is 1.99. The van der Waals surface area contributed by atoms with Crippen LogP contribution in [0.25, 0.3) is 0 Å². The van der Waals surface area contributed by atoms with E-state index in [1.54, 1.807) is 0 Å². The van der Waals surface area contributed by atoms with Crippen molar-refractivity contribution in [3.8, 4) is 0 Å². The number of hydrogen-bond acceptors (Lipinski definition) is 4. The van der Waals surface area contributed by atoms with Crippen molar-refractivity contribution < 1.29 is 9.59 Å². The fraction of sp³-hybridized carbons (Fsp3) is 0.688. The molecule has 2 fully saturated rings. The third-order valence-electron chi connectivity index (χ3n) is 6.37. The molecule has 2 aliphatic carbocycles. The summed E-state index contributed by atoms with van der Waals surface area (Å²) in [6, 6.07) is 0. The van der Waals surface area contributed by atoms with Crippen LogP contribution in [0.4, 0.5) is 5.13 Å². The Morgan fingerprint density at radius 1 is 1.32 bits per heavy atom. The number of nitrogens with zero attached hydrogens (tertiary/aromatic N) is 1. The van der Waals surface area contributed by atoms with E-state index in [0.717, 1.165) is 23.4 Å². The van der Waals surface area contributed by atoms with Gasteiger partial charge in [-0.1, -0.05) is 36.7 Å². The van der Waals surface area contributed by atoms with Crippen LogP contribution in [0.3, 0.4) is 0 Å². The van der Waals surface area contributed by atoms with Gasteiger partial charge in [-0.3, -0.25) is 9.59 Å². The molecule has 0 radical (unpaired) electrons. The minimum atomic E-state index is -0.702. The summed E-state index contributed by atoms with van der Waals surface area (Å²) >= 11 is 5.02. The van der Waals surface area contributed by atoms with E-state index in [1.807, 2.05) is 20.8 Å². The molecule has 120 valence electrons. The zero-order valence-corrected chi connectivity index (χ0v) is 15.9. The van der Waals surface area contributed by atoms with Gasteiger partial charge in [-0.05, 0) is 32.1 Å². The lowest BCUT2D eigenvalue weighted by molar-refractivity contribution is -0.130. The lowest BCUT2D eigenvalue weighted by Crippen LogP contribution is -2.47. The predicted molar refractivity (Wildman–Crippen MR) is 91.5 cm³/mol. The fourth-order valence-corrected chi connectivity index (χ4v) is 6.51. The molecule has 0 unspecified atom stereocenters. The molecule has 1 heterocycles. The smallest absolute Gasteiger partial charge is 0.234 e. The highest BCUT2D eigenvalue weighted by Gasteiger charge is 2.76. The van der Waals surface area contributed by atoms with Crippen molar-refractivity contribution in [2.24, 2.45) is 16.2 Å². The molecule has 0 spiro atoms. The van der Waals surface area contributed by atoms with Gasteiger partial charge in [-0.15, -0.1) is 11.3 Å². The van der Waals surface area contributed by atoms with Crippen LogP contribution in [0.5, 0.6) is 0 Å². The number of nitrogens with one attached hydrogen (secondary N) is 1. The van der Waals surface area contributed by atoms with Gasteiger partial charge in [-0.2, -0.15) is 0 Å². The van der Waals surface area contributed by atoms with Gasteiger partial charge in [-0.25, -0.2) is 4.98 Å². The molecular weight excluding hydrogens is 364 g/mol.